The first kappa shape index (κ1) is 23.5. The van der Waals surface area contributed by atoms with Crippen molar-refractivity contribution in [3.05, 3.63) is 47.0 Å². The molecule has 0 fully saturated rings. The molecule has 0 unspecified atom stereocenters. The minimum Gasteiger partial charge on any atom is -0.493 e. The Morgan fingerprint density at radius 2 is 1.70 bits per heavy atom. The van der Waals surface area contributed by atoms with E-state index < -0.39 is 28.4 Å². The number of hydrogen-bond donors (Lipinski definition) is 1. The fourth-order valence-corrected chi connectivity index (χ4v) is 3.85. The monoisotopic (exact) mass is 456 g/mol. The van der Waals surface area contributed by atoms with Crippen molar-refractivity contribution in [1.82, 2.24) is 4.31 Å². The highest BCUT2D eigenvalue weighted by Crippen LogP contribution is 2.30. The summed E-state index contributed by atoms with van der Waals surface area (Å²) in [6, 6.07) is 8.37. The first-order chi connectivity index (χ1) is 14.1. The number of ether oxygens (including phenoxy) is 3. The zero-order chi connectivity index (χ0) is 22.5. The number of anilines is 1. The molecule has 0 aliphatic rings. The average Bonchev–Trinajstić information content (AvgIpc) is 2.73. The number of likely N-dealkylation sites (N-methyl/N-ethyl adjacent to an activating group) is 1. The molecule has 0 saturated heterocycles. The zero-order valence-electron chi connectivity index (χ0n) is 16.8. The summed E-state index contributed by atoms with van der Waals surface area (Å²) in [5.41, 5.74) is 0.338. The molecule has 0 bridgehead atoms. The van der Waals surface area contributed by atoms with Gasteiger partial charge in [0.1, 0.15) is 0 Å². The van der Waals surface area contributed by atoms with Crippen LogP contribution in [-0.4, -0.2) is 59.5 Å². The van der Waals surface area contributed by atoms with Crippen molar-refractivity contribution in [2.45, 2.75) is 4.90 Å². The molecular weight excluding hydrogens is 436 g/mol. The van der Waals surface area contributed by atoms with Crippen molar-refractivity contribution in [1.29, 1.82) is 0 Å². The van der Waals surface area contributed by atoms with Gasteiger partial charge in [-0.05, 0) is 30.3 Å². The van der Waals surface area contributed by atoms with Gasteiger partial charge in [0, 0.05) is 18.8 Å². The normalized spacial score (nSPS) is 11.1. The van der Waals surface area contributed by atoms with E-state index in [0.29, 0.717) is 5.75 Å². The summed E-state index contributed by atoms with van der Waals surface area (Å²) in [5, 5.41) is 2.69. The van der Waals surface area contributed by atoms with Gasteiger partial charge in [-0.15, -0.1) is 0 Å². The third kappa shape index (κ3) is 5.21. The number of rotatable bonds is 8. The van der Waals surface area contributed by atoms with E-state index in [1.807, 2.05) is 0 Å². The van der Waals surface area contributed by atoms with Crippen molar-refractivity contribution in [3.8, 4) is 11.5 Å². The number of hydrogen-bond acceptors (Lipinski definition) is 7. The number of amides is 1. The molecule has 162 valence electrons. The molecule has 9 nitrogen and oxygen atoms in total. The van der Waals surface area contributed by atoms with Crippen LogP contribution in [0, 0.1) is 0 Å². The molecule has 2 rings (SSSR count). The van der Waals surface area contributed by atoms with E-state index in [1.54, 1.807) is 0 Å². The summed E-state index contributed by atoms with van der Waals surface area (Å²) in [7, 11) is 1.33. The van der Waals surface area contributed by atoms with Crippen LogP contribution in [0.25, 0.3) is 0 Å². The van der Waals surface area contributed by atoms with Crippen LogP contribution in [0.4, 0.5) is 5.69 Å². The molecule has 1 N–H and O–H groups in total. The third-order valence-corrected chi connectivity index (χ3v) is 6.21. The SMILES string of the molecule is COC(=O)c1cc(NC(=O)CN(C)S(=O)(=O)c2ccc(OC)c(OC)c2)ccc1Cl. The Morgan fingerprint density at radius 1 is 1.03 bits per heavy atom. The molecule has 0 aliphatic carbocycles. The van der Waals surface area contributed by atoms with Gasteiger partial charge in [0.2, 0.25) is 15.9 Å². The molecule has 0 saturated carbocycles. The molecule has 0 aromatic heterocycles. The lowest BCUT2D eigenvalue weighted by Gasteiger charge is -2.18. The number of nitrogens with one attached hydrogen (secondary N) is 1. The lowest BCUT2D eigenvalue weighted by atomic mass is 10.2. The molecule has 0 atom stereocenters. The molecule has 0 heterocycles. The first-order valence-corrected chi connectivity index (χ1v) is 10.3. The average molecular weight is 457 g/mol. The number of sulfonamides is 1. The summed E-state index contributed by atoms with van der Waals surface area (Å²) in [6.45, 7) is -0.465. The maximum absolute atomic E-state index is 12.8. The number of carbonyl (C=O) groups is 2. The predicted molar refractivity (Wildman–Crippen MR) is 111 cm³/mol. The summed E-state index contributed by atoms with van der Waals surface area (Å²) in [6.07, 6.45) is 0. The van der Waals surface area contributed by atoms with Crippen LogP contribution >= 0.6 is 11.6 Å². The van der Waals surface area contributed by atoms with Crippen molar-refractivity contribution in [2.75, 3.05) is 40.2 Å². The van der Waals surface area contributed by atoms with Crippen LogP contribution < -0.4 is 14.8 Å². The van der Waals surface area contributed by atoms with E-state index in [-0.39, 0.29) is 26.9 Å². The molecule has 30 heavy (non-hydrogen) atoms. The number of methoxy groups -OCH3 is 3. The fraction of sp³-hybridized carbons (Fsp3) is 0.263. The van der Waals surface area contributed by atoms with E-state index >= 15 is 0 Å². The highest BCUT2D eigenvalue weighted by Gasteiger charge is 2.24. The van der Waals surface area contributed by atoms with Crippen molar-refractivity contribution in [3.63, 3.8) is 0 Å². The van der Waals surface area contributed by atoms with Gasteiger partial charge in [-0.25, -0.2) is 13.2 Å². The van der Waals surface area contributed by atoms with Gasteiger partial charge in [-0.2, -0.15) is 4.31 Å². The number of benzene rings is 2. The highest BCUT2D eigenvalue weighted by atomic mass is 35.5. The smallest absolute Gasteiger partial charge is 0.339 e. The van der Waals surface area contributed by atoms with E-state index in [9.17, 15) is 18.0 Å². The maximum atomic E-state index is 12.8. The van der Waals surface area contributed by atoms with Crippen molar-refractivity contribution >= 4 is 39.2 Å². The Balaban J connectivity index is 2.16. The summed E-state index contributed by atoms with van der Waals surface area (Å²) in [5.74, 6) is -0.655. The lowest BCUT2D eigenvalue weighted by molar-refractivity contribution is -0.116. The number of nitrogens with zero attached hydrogens (tertiary/aromatic N) is 1. The number of esters is 1. The molecule has 2 aromatic carbocycles. The minimum atomic E-state index is -3.97. The van der Waals surface area contributed by atoms with Gasteiger partial charge in [0.15, 0.2) is 11.5 Å². The molecular formula is C19H21ClN2O7S. The highest BCUT2D eigenvalue weighted by molar-refractivity contribution is 7.89. The Bertz CT molecular complexity index is 1060. The Hall–Kier alpha value is -2.82. The van der Waals surface area contributed by atoms with Gasteiger partial charge < -0.3 is 19.5 Å². The topological polar surface area (TPSA) is 111 Å². The number of carbonyl (C=O) groups excluding carboxylic acids is 2. The minimum absolute atomic E-state index is 0.0603. The second-order valence-electron chi connectivity index (χ2n) is 6.01. The van der Waals surface area contributed by atoms with E-state index in [1.165, 1.54) is 64.8 Å². The maximum Gasteiger partial charge on any atom is 0.339 e. The van der Waals surface area contributed by atoms with E-state index in [2.05, 4.69) is 10.1 Å². The second kappa shape index (κ2) is 9.79. The Kier molecular flexibility index (Phi) is 7.65. The van der Waals surface area contributed by atoms with Crippen molar-refractivity contribution < 1.29 is 32.2 Å². The molecule has 0 aliphatic heterocycles. The summed E-state index contributed by atoms with van der Waals surface area (Å²) in [4.78, 5) is 24.0. The van der Waals surface area contributed by atoms with Gasteiger partial charge >= 0.3 is 5.97 Å². The van der Waals surface area contributed by atoms with Crippen LogP contribution in [-0.2, 0) is 19.6 Å². The van der Waals surface area contributed by atoms with E-state index in [0.717, 1.165) is 4.31 Å². The predicted octanol–water partition coefficient (Wildman–Crippen LogP) is 2.40. The van der Waals surface area contributed by atoms with Crippen molar-refractivity contribution in [2.24, 2.45) is 0 Å². The van der Waals surface area contributed by atoms with Gasteiger partial charge in [-0.1, -0.05) is 11.6 Å². The van der Waals surface area contributed by atoms with Crippen LogP contribution in [0.5, 0.6) is 11.5 Å². The quantitative estimate of drug-likeness (QED) is 0.607. The van der Waals surface area contributed by atoms with Gasteiger partial charge in [0.05, 0.1) is 43.4 Å². The van der Waals surface area contributed by atoms with Crippen LogP contribution in [0.2, 0.25) is 5.02 Å². The van der Waals surface area contributed by atoms with Gasteiger partial charge in [0.25, 0.3) is 0 Å². The van der Waals surface area contributed by atoms with E-state index in [4.69, 9.17) is 21.1 Å². The zero-order valence-corrected chi connectivity index (χ0v) is 18.3. The van der Waals surface area contributed by atoms with Crippen LogP contribution in [0.1, 0.15) is 10.4 Å². The van der Waals surface area contributed by atoms with Crippen LogP contribution in [0.15, 0.2) is 41.3 Å². The number of halogens is 1. The molecule has 2 aromatic rings. The Labute approximate surface area is 179 Å². The standard InChI is InChI=1S/C19H21ClN2O7S/c1-22(30(25,26)13-6-8-16(27-2)17(10-13)28-3)11-18(23)21-12-5-7-15(20)14(9-12)19(24)29-4/h5-10H,11H2,1-4H3,(H,21,23). The second-order valence-corrected chi connectivity index (χ2v) is 8.46. The van der Waals surface area contributed by atoms with Gasteiger partial charge in [-0.3, -0.25) is 4.79 Å². The molecule has 1 amide bonds. The van der Waals surface area contributed by atoms with Crippen LogP contribution in [0.3, 0.4) is 0 Å². The molecule has 11 heteroatoms. The third-order valence-electron chi connectivity index (χ3n) is 4.08. The summed E-state index contributed by atoms with van der Waals surface area (Å²) < 4.78 is 41.3. The largest absolute Gasteiger partial charge is 0.493 e. The lowest BCUT2D eigenvalue weighted by Crippen LogP contribution is -2.35. The first-order valence-electron chi connectivity index (χ1n) is 8.50. The molecule has 0 radical (unpaired) electrons. The summed E-state index contributed by atoms with van der Waals surface area (Å²) >= 11 is 5.94. The fourth-order valence-electron chi connectivity index (χ4n) is 2.51. The molecule has 0 spiro atoms. The Morgan fingerprint density at radius 3 is 2.30 bits per heavy atom.